The molecule has 0 fully saturated rings. The molecule has 1 aromatic carbocycles. The van der Waals surface area contributed by atoms with Crippen LogP contribution < -0.4 is 11.1 Å². The first-order chi connectivity index (χ1) is 8.67. The van der Waals surface area contributed by atoms with Crippen molar-refractivity contribution in [2.45, 2.75) is 40.5 Å². The topological polar surface area (TPSA) is 55.1 Å². The number of carbonyl (C=O) groups excluding carboxylic acids is 1. The van der Waals surface area contributed by atoms with Crippen LogP contribution >= 0.6 is 15.9 Å². The highest BCUT2D eigenvalue weighted by molar-refractivity contribution is 9.10. The lowest BCUT2D eigenvalue weighted by Crippen LogP contribution is -2.18. The SMILES string of the molecule is CC(CC(=O)Nc1ccc(N)c(Br)c1)CC(C)(C)C. The fraction of sp³-hybridized carbons (Fsp3) is 0.533. The number of rotatable bonds is 4. The Labute approximate surface area is 124 Å². The molecular weight excluding hydrogens is 304 g/mol. The molecule has 3 N–H and O–H groups in total. The number of anilines is 2. The van der Waals surface area contributed by atoms with E-state index < -0.39 is 0 Å². The van der Waals surface area contributed by atoms with Gasteiger partial charge in [0.05, 0.1) is 0 Å². The minimum atomic E-state index is 0.0495. The fourth-order valence-electron chi connectivity index (χ4n) is 2.25. The van der Waals surface area contributed by atoms with Crippen LogP contribution in [0.4, 0.5) is 11.4 Å². The molecule has 0 saturated heterocycles. The summed E-state index contributed by atoms with van der Waals surface area (Å²) in [5.74, 6) is 0.422. The highest BCUT2D eigenvalue weighted by Gasteiger charge is 2.17. The van der Waals surface area contributed by atoms with Gasteiger partial charge < -0.3 is 11.1 Å². The maximum absolute atomic E-state index is 11.9. The highest BCUT2D eigenvalue weighted by atomic mass is 79.9. The number of nitrogens with two attached hydrogens (primary N) is 1. The van der Waals surface area contributed by atoms with E-state index in [-0.39, 0.29) is 11.3 Å². The first-order valence-corrected chi connectivity index (χ1v) is 7.31. The van der Waals surface area contributed by atoms with Crippen molar-refractivity contribution in [2.24, 2.45) is 11.3 Å². The van der Waals surface area contributed by atoms with Gasteiger partial charge in [0.2, 0.25) is 5.91 Å². The number of nitrogen functional groups attached to an aromatic ring is 1. The summed E-state index contributed by atoms with van der Waals surface area (Å²) in [4.78, 5) is 11.9. The Morgan fingerprint density at radius 3 is 2.58 bits per heavy atom. The van der Waals surface area contributed by atoms with E-state index in [0.29, 0.717) is 18.0 Å². The van der Waals surface area contributed by atoms with E-state index in [4.69, 9.17) is 5.73 Å². The van der Waals surface area contributed by atoms with Gasteiger partial charge in [0.1, 0.15) is 0 Å². The van der Waals surface area contributed by atoms with E-state index >= 15 is 0 Å². The molecule has 0 radical (unpaired) electrons. The molecule has 1 unspecified atom stereocenters. The Balaban J connectivity index is 2.53. The second-order valence-electron chi connectivity index (χ2n) is 6.36. The van der Waals surface area contributed by atoms with E-state index in [2.05, 4.69) is 48.9 Å². The zero-order valence-corrected chi connectivity index (χ0v) is 13.7. The number of nitrogens with one attached hydrogen (secondary N) is 1. The quantitative estimate of drug-likeness (QED) is 0.804. The maximum Gasteiger partial charge on any atom is 0.224 e. The van der Waals surface area contributed by atoms with Gasteiger partial charge in [-0.3, -0.25) is 4.79 Å². The van der Waals surface area contributed by atoms with Crippen molar-refractivity contribution in [1.82, 2.24) is 0 Å². The van der Waals surface area contributed by atoms with Crippen molar-refractivity contribution in [3.8, 4) is 0 Å². The molecule has 1 amide bonds. The van der Waals surface area contributed by atoms with Crippen LogP contribution in [0.1, 0.15) is 40.5 Å². The Kier molecular flexibility index (Phi) is 5.41. The average molecular weight is 327 g/mol. The van der Waals surface area contributed by atoms with Gasteiger partial charge in [-0.15, -0.1) is 0 Å². The molecular formula is C15H23BrN2O. The number of amides is 1. The molecule has 0 saturated carbocycles. The molecule has 0 aliphatic rings. The zero-order chi connectivity index (χ0) is 14.6. The van der Waals surface area contributed by atoms with Gasteiger partial charge in [-0.2, -0.15) is 0 Å². The van der Waals surface area contributed by atoms with Crippen LogP contribution in [0.25, 0.3) is 0 Å². The molecule has 0 aromatic heterocycles. The Bertz CT molecular complexity index is 452. The van der Waals surface area contributed by atoms with Crippen molar-refractivity contribution < 1.29 is 4.79 Å². The molecule has 3 nitrogen and oxygen atoms in total. The van der Waals surface area contributed by atoms with Crippen molar-refractivity contribution in [3.05, 3.63) is 22.7 Å². The summed E-state index contributed by atoms with van der Waals surface area (Å²) in [6.45, 7) is 8.69. The van der Waals surface area contributed by atoms with Gasteiger partial charge in [0.15, 0.2) is 0 Å². The molecule has 1 atom stereocenters. The van der Waals surface area contributed by atoms with Crippen LogP contribution in [0.5, 0.6) is 0 Å². The molecule has 0 bridgehead atoms. The van der Waals surface area contributed by atoms with Crippen LogP contribution in [-0.4, -0.2) is 5.91 Å². The van der Waals surface area contributed by atoms with E-state index in [1.165, 1.54) is 0 Å². The molecule has 1 aromatic rings. The minimum absolute atomic E-state index is 0.0495. The summed E-state index contributed by atoms with van der Waals surface area (Å²) >= 11 is 3.35. The predicted molar refractivity (Wildman–Crippen MR) is 85.0 cm³/mol. The predicted octanol–water partition coefficient (Wildman–Crippen LogP) is 4.43. The smallest absolute Gasteiger partial charge is 0.224 e. The maximum atomic E-state index is 11.9. The first-order valence-electron chi connectivity index (χ1n) is 6.52. The van der Waals surface area contributed by atoms with Crippen LogP contribution in [0, 0.1) is 11.3 Å². The summed E-state index contributed by atoms with van der Waals surface area (Å²) in [7, 11) is 0. The normalized spacial score (nSPS) is 13.1. The van der Waals surface area contributed by atoms with Crippen molar-refractivity contribution in [3.63, 3.8) is 0 Å². The lowest BCUT2D eigenvalue weighted by atomic mass is 9.84. The number of benzene rings is 1. The number of halogens is 1. The summed E-state index contributed by atoms with van der Waals surface area (Å²) < 4.78 is 0.799. The van der Waals surface area contributed by atoms with Gasteiger partial charge in [0, 0.05) is 22.3 Å². The van der Waals surface area contributed by atoms with E-state index in [0.717, 1.165) is 16.6 Å². The summed E-state index contributed by atoms with van der Waals surface area (Å²) in [6, 6.07) is 5.41. The van der Waals surface area contributed by atoms with Crippen molar-refractivity contribution >= 4 is 33.2 Å². The van der Waals surface area contributed by atoms with Crippen molar-refractivity contribution in [1.29, 1.82) is 0 Å². The van der Waals surface area contributed by atoms with E-state index in [9.17, 15) is 4.79 Å². The van der Waals surface area contributed by atoms with E-state index in [1.54, 1.807) is 6.07 Å². The molecule has 4 heteroatoms. The zero-order valence-electron chi connectivity index (χ0n) is 12.1. The van der Waals surface area contributed by atoms with E-state index in [1.807, 2.05) is 12.1 Å². The Morgan fingerprint density at radius 2 is 2.05 bits per heavy atom. The number of hydrogen-bond acceptors (Lipinski definition) is 2. The fourth-order valence-corrected chi connectivity index (χ4v) is 2.63. The molecule has 0 spiro atoms. The monoisotopic (exact) mass is 326 g/mol. The second-order valence-corrected chi connectivity index (χ2v) is 7.21. The van der Waals surface area contributed by atoms with Gasteiger partial charge in [-0.05, 0) is 51.9 Å². The Hall–Kier alpha value is -1.03. The number of carbonyl (C=O) groups is 1. The van der Waals surface area contributed by atoms with Crippen LogP contribution in [-0.2, 0) is 4.79 Å². The summed E-state index contributed by atoms with van der Waals surface area (Å²) in [5, 5.41) is 2.90. The largest absolute Gasteiger partial charge is 0.398 e. The minimum Gasteiger partial charge on any atom is -0.398 e. The lowest BCUT2D eigenvalue weighted by molar-refractivity contribution is -0.117. The van der Waals surface area contributed by atoms with Crippen LogP contribution in [0.15, 0.2) is 22.7 Å². The van der Waals surface area contributed by atoms with Gasteiger partial charge in [-0.25, -0.2) is 0 Å². The van der Waals surface area contributed by atoms with Gasteiger partial charge in [0.25, 0.3) is 0 Å². The summed E-state index contributed by atoms with van der Waals surface area (Å²) in [6.07, 6.45) is 1.57. The second kappa shape index (κ2) is 6.42. The molecule has 0 heterocycles. The molecule has 19 heavy (non-hydrogen) atoms. The molecule has 106 valence electrons. The highest BCUT2D eigenvalue weighted by Crippen LogP contribution is 2.27. The average Bonchev–Trinajstić information content (AvgIpc) is 2.20. The lowest BCUT2D eigenvalue weighted by Gasteiger charge is -2.22. The van der Waals surface area contributed by atoms with Crippen LogP contribution in [0.3, 0.4) is 0 Å². The van der Waals surface area contributed by atoms with Crippen LogP contribution in [0.2, 0.25) is 0 Å². The van der Waals surface area contributed by atoms with Gasteiger partial charge >= 0.3 is 0 Å². The van der Waals surface area contributed by atoms with Gasteiger partial charge in [-0.1, -0.05) is 27.7 Å². The standard InChI is InChI=1S/C15H23BrN2O/c1-10(9-15(2,3)4)7-14(19)18-11-5-6-13(17)12(16)8-11/h5-6,8,10H,7,9,17H2,1-4H3,(H,18,19). The third-order valence-corrected chi connectivity index (χ3v) is 3.47. The summed E-state index contributed by atoms with van der Waals surface area (Å²) in [5.41, 5.74) is 7.40. The molecule has 1 rings (SSSR count). The third kappa shape index (κ3) is 6.10. The molecule has 0 aliphatic heterocycles. The Morgan fingerprint density at radius 1 is 1.42 bits per heavy atom. The first kappa shape index (κ1) is 16.0. The van der Waals surface area contributed by atoms with Crippen molar-refractivity contribution in [2.75, 3.05) is 11.1 Å². The number of hydrogen-bond donors (Lipinski definition) is 2. The molecule has 0 aliphatic carbocycles. The third-order valence-electron chi connectivity index (χ3n) is 2.78.